The zero-order valence-corrected chi connectivity index (χ0v) is 9.49. The molecule has 1 aliphatic rings. The third-order valence-electron chi connectivity index (χ3n) is 2.42. The van der Waals surface area contributed by atoms with E-state index in [0.29, 0.717) is 6.42 Å². The summed E-state index contributed by atoms with van der Waals surface area (Å²) in [5.74, 6) is 0.258. The Morgan fingerprint density at radius 1 is 1.27 bits per heavy atom. The average Bonchev–Trinajstić information content (AvgIpc) is 2.24. The molecule has 0 aromatic heterocycles. The highest BCUT2D eigenvalue weighted by molar-refractivity contribution is 5.91. The maximum atomic E-state index is 11.2. The molecule has 0 N–H and O–H groups in total. The Morgan fingerprint density at radius 3 is 2.67 bits per heavy atom. The van der Waals surface area contributed by atoms with Crippen LogP contribution < -0.4 is 0 Å². The minimum Gasteiger partial charge on any atom is -0.295 e. The van der Waals surface area contributed by atoms with Crippen LogP contribution in [0.5, 0.6) is 0 Å². The molecule has 0 unspecified atom stereocenters. The van der Waals surface area contributed by atoms with Crippen molar-refractivity contribution in [3.05, 3.63) is 47.6 Å². The van der Waals surface area contributed by atoms with E-state index in [4.69, 9.17) is 0 Å². The Bertz CT molecular complexity index is 340. The summed E-state index contributed by atoms with van der Waals surface area (Å²) in [5, 5.41) is 0. The molecule has 1 heteroatoms. The van der Waals surface area contributed by atoms with Crippen molar-refractivity contribution in [1.82, 2.24) is 0 Å². The predicted molar refractivity (Wildman–Crippen MR) is 64.7 cm³/mol. The molecule has 0 aromatic rings. The van der Waals surface area contributed by atoms with Crippen molar-refractivity contribution >= 4 is 5.78 Å². The van der Waals surface area contributed by atoms with Crippen molar-refractivity contribution in [2.24, 2.45) is 0 Å². The van der Waals surface area contributed by atoms with Gasteiger partial charge in [-0.3, -0.25) is 4.79 Å². The van der Waals surface area contributed by atoms with Gasteiger partial charge in [-0.05, 0) is 43.9 Å². The Balaban J connectivity index is 2.68. The highest BCUT2D eigenvalue weighted by Crippen LogP contribution is 2.16. The number of hydrogen-bond acceptors (Lipinski definition) is 1. The maximum absolute atomic E-state index is 11.2. The summed E-state index contributed by atoms with van der Waals surface area (Å²) >= 11 is 0. The first kappa shape index (κ1) is 11.7. The third-order valence-corrected chi connectivity index (χ3v) is 2.42. The largest absolute Gasteiger partial charge is 0.295 e. The zero-order chi connectivity index (χ0) is 11.1. The average molecular weight is 202 g/mol. The van der Waals surface area contributed by atoms with Crippen LogP contribution in [-0.4, -0.2) is 5.78 Å². The molecule has 0 fully saturated rings. The first-order chi connectivity index (χ1) is 7.26. The third kappa shape index (κ3) is 4.11. The van der Waals surface area contributed by atoms with Crippen molar-refractivity contribution in [2.75, 3.05) is 0 Å². The van der Waals surface area contributed by atoms with Gasteiger partial charge < -0.3 is 0 Å². The van der Waals surface area contributed by atoms with Gasteiger partial charge in [0.25, 0.3) is 0 Å². The van der Waals surface area contributed by atoms with E-state index in [9.17, 15) is 4.79 Å². The van der Waals surface area contributed by atoms with E-state index in [1.807, 2.05) is 26.0 Å². The molecule has 0 heterocycles. The lowest BCUT2D eigenvalue weighted by Gasteiger charge is -2.07. The highest BCUT2D eigenvalue weighted by atomic mass is 16.1. The number of allylic oxidation sites excluding steroid dienone is 8. The van der Waals surface area contributed by atoms with Crippen molar-refractivity contribution < 1.29 is 4.79 Å². The molecule has 0 amide bonds. The normalized spacial score (nSPS) is 18.9. The van der Waals surface area contributed by atoms with E-state index < -0.39 is 0 Å². The topological polar surface area (TPSA) is 17.1 Å². The van der Waals surface area contributed by atoms with Gasteiger partial charge >= 0.3 is 0 Å². The molecule has 0 atom stereocenters. The summed E-state index contributed by atoms with van der Waals surface area (Å²) in [4.78, 5) is 11.2. The molecule has 1 nitrogen and oxygen atoms in total. The molecular weight excluding hydrogens is 184 g/mol. The van der Waals surface area contributed by atoms with Crippen LogP contribution in [0.1, 0.15) is 33.1 Å². The number of carbonyl (C=O) groups excluding carboxylic acids is 1. The summed E-state index contributed by atoms with van der Waals surface area (Å²) in [5.41, 5.74) is 2.33. The second kappa shape index (κ2) is 6.18. The summed E-state index contributed by atoms with van der Waals surface area (Å²) in [7, 11) is 0. The van der Waals surface area contributed by atoms with E-state index in [-0.39, 0.29) is 5.78 Å². The molecule has 0 saturated heterocycles. The quantitative estimate of drug-likeness (QED) is 0.637. The number of rotatable bonds is 3. The van der Waals surface area contributed by atoms with Crippen molar-refractivity contribution in [3.63, 3.8) is 0 Å². The fourth-order valence-corrected chi connectivity index (χ4v) is 1.59. The Hall–Kier alpha value is -1.37. The summed E-state index contributed by atoms with van der Waals surface area (Å²) in [6, 6.07) is 0. The van der Waals surface area contributed by atoms with Gasteiger partial charge in [0.15, 0.2) is 5.78 Å². The van der Waals surface area contributed by atoms with Crippen molar-refractivity contribution in [3.8, 4) is 0 Å². The predicted octanol–water partition coefficient (Wildman–Crippen LogP) is 3.74. The summed E-state index contributed by atoms with van der Waals surface area (Å²) < 4.78 is 0. The molecular formula is C14H18O. The number of carbonyl (C=O) groups is 1. The lowest BCUT2D eigenvalue weighted by molar-refractivity contribution is -0.115. The monoisotopic (exact) mass is 202 g/mol. The van der Waals surface area contributed by atoms with Crippen LogP contribution in [0.25, 0.3) is 0 Å². The molecule has 0 aliphatic heterocycles. The molecule has 0 radical (unpaired) electrons. The summed E-state index contributed by atoms with van der Waals surface area (Å²) in [6.07, 6.45) is 14.7. The Labute approximate surface area is 91.9 Å². The molecule has 0 bridgehead atoms. The minimum absolute atomic E-state index is 0.258. The van der Waals surface area contributed by atoms with E-state index in [0.717, 1.165) is 18.4 Å². The van der Waals surface area contributed by atoms with E-state index in [1.54, 1.807) is 6.08 Å². The second-order valence-corrected chi connectivity index (χ2v) is 3.66. The highest BCUT2D eigenvalue weighted by Gasteiger charge is 2.06. The molecule has 0 saturated carbocycles. The van der Waals surface area contributed by atoms with Crippen LogP contribution in [0.3, 0.4) is 0 Å². The first-order valence-corrected chi connectivity index (χ1v) is 5.46. The first-order valence-electron chi connectivity index (χ1n) is 5.46. The lowest BCUT2D eigenvalue weighted by atomic mass is 9.98. The molecule has 0 aromatic carbocycles. The minimum atomic E-state index is 0.258. The van der Waals surface area contributed by atoms with Crippen LogP contribution in [0.15, 0.2) is 47.6 Å². The SMILES string of the molecule is C\C=C/C(/C=C/C1=CC(=O)CCC1)=C\C. The second-order valence-electron chi connectivity index (χ2n) is 3.66. The van der Waals surface area contributed by atoms with Crippen molar-refractivity contribution in [2.45, 2.75) is 33.1 Å². The van der Waals surface area contributed by atoms with Gasteiger partial charge in [0.05, 0.1) is 0 Å². The summed E-state index contributed by atoms with van der Waals surface area (Å²) in [6.45, 7) is 4.01. The van der Waals surface area contributed by atoms with Gasteiger partial charge in [0.2, 0.25) is 0 Å². The van der Waals surface area contributed by atoms with Gasteiger partial charge in [-0.2, -0.15) is 0 Å². The van der Waals surface area contributed by atoms with Crippen LogP contribution in [0, 0.1) is 0 Å². The fourth-order valence-electron chi connectivity index (χ4n) is 1.59. The van der Waals surface area contributed by atoms with E-state index >= 15 is 0 Å². The van der Waals surface area contributed by atoms with Crippen LogP contribution in [0.2, 0.25) is 0 Å². The van der Waals surface area contributed by atoms with Gasteiger partial charge in [0, 0.05) is 6.42 Å². The van der Waals surface area contributed by atoms with E-state index in [1.165, 1.54) is 5.57 Å². The number of hydrogen-bond donors (Lipinski definition) is 0. The standard InChI is InChI=1S/C14H18O/c1-3-6-12(4-2)9-10-13-7-5-8-14(15)11-13/h3-4,6,9-11H,5,7-8H2,1-2H3/b6-3-,10-9+,12-4+. The zero-order valence-electron chi connectivity index (χ0n) is 9.49. The van der Waals surface area contributed by atoms with Gasteiger partial charge in [0.1, 0.15) is 0 Å². The Morgan fingerprint density at radius 2 is 2.07 bits per heavy atom. The van der Waals surface area contributed by atoms with E-state index in [2.05, 4.69) is 18.2 Å². The maximum Gasteiger partial charge on any atom is 0.155 e. The molecule has 0 spiro atoms. The Kier molecular flexibility index (Phi) is 4.82. The number of ketones is 1. The van der Waals surface area contributed by atoms with Gasteiger partial charge in [-0.25, -0.2) is 0 Å². The smallest absolute Gasteiger partial charge is 0.155 e. The van der Waals surface area contributed by atoms with Crippen LogP contribution in [0.4, 0.5) is 0 Å². The van der Waals surface area contributed by atoms with Crippen LogP contribution in [-0.2, 0) is 4.79 Å². The van der Waals surface area contributed by atoms with Crippen molar-refractivity contribution in [1.29, 1.82) is 0 Å². The van der Waals surface area contributed by atoms with Gasteiger partial charge in [-0.15, -0.1) is 0 Å². The lowest BCUT2D eigenvalue weighted by Crippen LogP contribution is -2.00. The molecule has 1 rings (SSSR count). The molecule has 80 valence electrons. The van der Waals surface area contributed by atoms with Crippen LogP contribution >= 0.6 is 0 Å². The molecule has 1 aliphatic carbocycles. The molecule has 15 heavy (non-hydrogen) atoms. The van der Waals surface area contributed by atoms with Gasteiger partial charge in [-0.1, -0.05) is 30.4 Å². The fraction of sp³-hybridized carbons (Fsp3) is 0.357.